The van der Waals surface area contributed by atoms with Crippen molar-refractivity contribution in [2.75, 3.05) is 10.8 Å². The van der Waals surface area contributed by atoms with Gasteiger partial charge in [-0.3, -0.25) is 4.79 Å². The van der Waals surface area contributed by atoms with Gasteiger partial charge < -0.3 is 4.42 Å². The molecule has 0 aliphatic heterocycles. The molecule has 150 valence electrons. The summed E-state index contributed by atoms with van der Waals surface area (Å²) in [6.45, 7) is 1.28. The van der Waals surface area contributed by atoms with Crippen LogP contribution in [0.5, 0.6) is 0 Å². The molecule has 1 amide bonds. The predicted octanol–water partition coefficient (Wildman–Crippen LogP) is 3.09. The van der Waals surface area contributed by atoms with Gasteiger partial charge in [-0.1, -0.05) is 24.3 Å². The molecule has 0 saturated carbocycles. The third-order valence-corrected chi connectivity index (χ3v) is 6.33. The molecular formula is C19H17BrN4O4S. The van der Waals surface area contributed by atoms with Gasteiger partial charge in [0.1, 0.15) is 23.9 Å². The van der Waals surface area contributed by atoms with Crippen LogP contribution in [0.2, 0.25) is 0 Å². The van der Waals surface area contributed by atoms with E-state index in [0.717, 1.165) is 8.78 Å². The number of carbonyl (C=O) groups is 1. The zero-order valence-electron chi connectivity index (χ0n) is 15.3. The molecule has 1 N–H and O–H groups in total. The number of carbonyl (C=O) groups excluding carboxylic acids is 1. The maximum Gasteiger partial charge on any atom is 0.265 e. The molecular weight excluding hydrogens is 460 g/mol. The van der Waals surface area contributed by atoms with Crippen molar-refractivity contribution in [3.63, 3.8) is 0 Å². The lowest BCUT2D eigenvalue weighted by molar-refractivity contribution is -0.119. The number of aromatic nitrogens is 1. The van der Waals surface area contributed by atoms with Crippen LogP contribution >= 0.6 is 15.9 Å². The van der Waals surface area contributed by atoms with Crippen LogP contribution in [-0.2, 0) is 14.8 Å². The van der Waals surface area contributed by atoms with Crippen LogP contribution < -0.4 is 9.73 Å². The molecule has 0 saturated heterocycles. The molecule has 2 heterocycles. The minimum atomic E-state index is -4.00. The highest BCUT2D eigenvalue weighted by Gasteiger charge is 2.27. The fourth-order valence-electron chi connectivity index (χ4n) is 2.39. The van der Waals surface area contributed by atoms with E-state index in [-0.39, 0.29) is 10.7 Å². The second-order valence-electron chi connectivity index (χ2n) is 5.86. The van der Waals surface area contributed by atoms with Crippen molar-refractivity contribution < 1.29 is 17.6 Å². The Morgan fingerprint density at radius 1 is 1.24 bits per heavy atom. The van der Waals surface area contributed by atoms with Gasteiger partial charge >= 0.3 is 0 Å². The van der Waals surface area contributed by atoms with Gasteiger partial charge in [0.25, 0.3) is 15.9 Å². The zero-order valence-corrected chi connectivity index (χ0v) is 17.7. The summed E-state index contributed by atoms with van der Waals surface area (Å²) < 4.78 is 33.2. The average molecular weight is 477 g/mol. The number of hydrogen-bond donors (Lipinski definition) is 1. The third kappa shape index (κ3) is 5.09. The van der Waals surface area contributed by atoms with E-state index in [1.807, 2.05) is 0 Å². The van der Waals surface area contributed by atoms with Crippen molar-refractivity contribution in [2.24, 2.45) is 5.10 Å². The molecule has 2 aromatic heterocycles. The van der Waals surface area contributed by atoms with Crippen LogP contribution in [0.1, 0.15) is 11.5 Å². The van der Waals surface area contributed by atoms with E-state index in [1.165, 1.54) is 30.6 Å². The highest BCUT2D eigenvalue weighted by molar-refractivity contribution is 9.10. The van der Waals surface area contributed by atoms with Crippen molar-refractivity contribution in [3.8, 4) is 0 Å². The van der Waals surface area contributed by atoms with E-state index in [4.69, 9.17) is 4.42 Å². The Hall–Kier alpha value is -2.98. The molecule has 3 rings (SSSR count). The average Bonchev–Trinajstić information content (AvgIpc) is 3.04. The minimum Gasteiger partial charge on any atom is -0.459 e. The van der Waals surface area contributed by atoms with E-state index in [1.54, 1.807) is 43.3 Å². The van der Waals surface area contributed by atoms with Gasteiger partial charge in [0.15, 0.2) is 0 Å². The van der Waals surface area contributed by atoms with E-state index in [2.05, 4.69) is 31.4 Å². The molecule has 0 unspecified atom stereocenters. The van der Waals surface area contributed by atoms with Gasteiger partial charge in [0.2, 0.25) is 0 Å². The molecule has 0 atom stereocenters. The lowest BCUT2D eigenvalue weighted by Gasteiger charge is -2.22. The number of aryl methyl sites for hydroxylation is 1. The highest BCUT2D eigenvalue weighted by Crippen LogP contribution is 2.21. The Morgan fingerprint density at radius 3 is 2.59 bits per heavy atom. The van der Waals surface area contributed by atoms with Gasteiger partial charge in [-0.05, 0) is 47.1 Å². The van der Waals surface area contributed by atoms with Gasteiger partial charge in [-0.15, -0.1) is 0 Å². The van der Waals surface area contributed by atoms with Gasteiger partial charge in [-0.25, -0.2) is 23.1 Å². The molecule has 8 nitrogen and oxygen atoms in total. The Balaban J connectivity index is 1.79. The molecule has 10 heteroatoms. The van der Waals surface area contributed by atoms with E-state index >= 15 is 0 Å². The summed E-state index contributed by atoms with van der Waals surface area (Å²) in [5.41, 5.74) is 2.30. The van der Waals surface area contributed by atoms with Crippen molar-refractivity contribution in [1.82, 2.24) is 10.4 Å². The fourth-order valence-corrected chi connectivity index (χ4v) is 4.09. The number of amides is 1. The third-order valence-electron chi connectivity index (χ3n) is 3.78. The van der Waals surface area contributed by atoms with Gasteiger partial charge in [0, 0.05) is 12.3 Å². The first-order valence-electron chi connectivity index (χ1n) is 8.44. The number of nitrogens with one attached hydrogen (secondary N) is 1. The smallest absolute Gasteiger partial charge is 0.265 e. The Labute approximate surface area is 176 Å². The van der Waals surface area contributed by atoms with Crippen LogP contribution in [-0.4, -0.2) is 32.1 Å². The largest absolute Gasteiger partial charge is 0.459 e. The number of anilines is 1. The number of furan rings is 1. The van der Waals surface area contributed by atoms with Gasteiger partial charge in [-0.2, -0.15) is 5.10 Å². The lowest BCUT2D eigenvalue weighted by atomic mass is 10.4. The molecule has 0 bridgehead atoms. The number of nitrogens with zero attached hydrogens (tertiary/aromatic N) is 3. The SMILES string of the molecule is Cc1oc(/C=N\NC(=O)CN(c2ccccn2)S(=O)(=O)c2ccccc2)cc1Br. The maximum atomic E-state index is 13.1. The number of sulfonamides is 1. The maximum absolute atomic E-state index is 13.1. The number of pyridine rings is 1. The highest BCUT2D eigenvalue weighted by atomic mass is 79.9. The molecule has 1 aromatic carbocycles. The first kappa shape index (κ1) is 20.7. The lowest BCUT2D eigenvalue weighted by Crippen LogP contribution is -2.40. The standard InChI is InChI=1S/C19H17BrN4O4S/c1-14-17(20)11-15(28-14)12-22-23-19(25)13-24(18-9-5-6-10-21-18)29(26,27)16-7-3-2-4-8-16/h2-12H,13H2,1H3,(H,23,25)/b22-12-. The molecule has 0 aliphatic rings. The minimum absolute atomic E-state index is 0.0536. The monoisotopic (exact) mass is 476 g/mol. The number of benzene rings is 1. The Bertz CT molecular complexity index is 1100. The summed E-state index contributed by atoms with van der Waals surface area (Å²) in [5.74, 6) is 0.607. The molecule has 0 aliphatic carbocycles. The second kappa shape index (κ2) is 9.01. The second-order valence-corrected chi connectivity index (χ2v) is 8.58. The summed E-state index contributed by atoms with van der Waals surface area (Å²) in [6.07, 6.45) is 2.78. The number of halogens is 1. The summed E-state index contributed by atoms with van der Waals surface area (Å²) >= 11 is 3.32. The zero-order chi connectivity index (χ0) is 20.9. The first-order chi connectivity index (χ1) is 13.9. The van der Waals surface area contributed by atoms with Crippen molar-refractivity contribution >= 4 is 43.9 Å². The Morgan fingerprint density at radius 2 is 1.97 bits per heavy atom. The first-order valence-corrected chi connectivity index (χ1v) is 10.7. The van der Waals surface area contributed by atoms with E-state index < -0.39 is 22.5 Å². The number of hydrazone groups is 1. The number of hydrogen-bond acceptors (Lipinski definition) is 6. The summed E-state index contributed by atoms with van der Waals surface area (Å²) in [4.78, 5) is 16.5. The summed E-state index contributed by atoms with van der Waals surface area (Å²) in [6, 6.07) is 14.4. The Kier molecular flexibility index (Phi) is 6.45. The summed E-state index contributed by atoms with van der Waals surface area (Å²) in [5, 5.41) is 3.82. The van der Waals surface area contributed by atoms with Crippen molar-refractivity contribution in [1.29, 1.82) is 0 Å². The molecule has 29 heavy (non-hydrogen) atoms. The molecule has 0 spiro atoms. The van der Waals surface area contributed by atoms with E-state index in [0.29, 0.717) is 11.5 Å². The van der Waals surface area contributed by atoms with Crippen LogP contribution in [0.3, 0.4) is 0 Å². The summed E-state index contributed by atoms with van der Waals surface area (Å²) in [7, 11) is -4.00. The van der Waals surface area contributed by atoms with Crippen LogP contribution in [0.15, 0.2) is 79.7 Å². The molecule has 0 radical (unpaired) electrons. The predicted molar refractivity (Wildman–Crippen MR) is 112 cm³/mol. The van der Waals surface area contributed by atoms with Crippen molar-refractivity contribution in [2.45, 2.75) is 11.8 Å². The molecule has 3 aromatic rings. The van der Waals surface area contributed by atoms with Crippen LogP contribution in [0.25, 0.3) is 0 Å². The van der Waals surface area contributed by atoms with Gasteiger partial charge in [0.05, 0.1) is 15.6 Å². The molecule has 0 fully saturated rings. The fraction of sp³-hybridized carbons (Fsp3) is 0.105. The number of rotatable bonds is 7. The normalized spacial score (nSPS) is 11.5. The van der Waals surface area contributed by atoms with E-state index in [9.17, 15) is 13.2 Å². The van der Waals surface area contributed by atoms with Crippen molar-refractivity contribution in [3.05, 3.63) is 76.8 Å². The quantitative estimate of drug-likeness (QED) is 0.416. The van der Waals surface area contributed by atoms with Crippen LogP contribution in [0.4, 0.5) is 5.82 Å². The van der Waals surface area contributed by atoms with Crippen LogP contribution in [0, 0.1) is 6.92 Å². The topological polar surface area (TPSA) is 105 Å².